The van der Waals surface area contributed by atoms with Gasteiger partial charge in [0.1, 0.15) is 17.7 Å². The maximum absolute atomic E-state index is 4.77. The third kappa shape index (κ3) is 2.87. The molecule has 7 nitrogen and oxygen atoms in total. The van der Waals surface area contributed by atoms with Gasteiger partial charge < -0.3 is 4.90 Å². The van der Waals surface area contributed by atoms with Crippen molar-refractivity contribution in [2.75, 3.05) is 31.1 Å². The molecule has 1 aliphatic heterocycles. The highest BCUT2D eigenvalue weighted by Crippen LogP contribution is 2.22. The van der Waals surface area contributed by atoms with Crippen LogP contribution in [-0.2, 0) is 6.54 Å². The fraction of sp³-hybridized carbons (Fsp3) is 0.375. The van der Waals surface area contributed by atoms with Gasteiger partial charge in [0.15, 0.2) is 0 Å². The highest BCUT2D eigenvalue weighted by atomic mass is 16.6. The minimum atomic E-state index is 0.800. The summed E-state index contributed by atoms with van der Waals surface area (Å²) >= 11 is 0. The lowest BCUT2D eigenvalue weighted by molar-refractivity contribution is 0.237. The Labute approximate surface area is 133 Å². The number of rotatable bonds is 3. The predicted octanol–water partition coefficient (Wildman–Crippen LogP) is 1.64. The fourth-order valence-electron chi connectivity index (χ4n) is 2.94. The van der Waals surface area contributed by atoms with Crippen molar-refractivity contribution >= 4 is 16.6 Å². The molecule has 0 bridgehead atoms. The summed E-state index contributed by atoms with van der Waals surface area (Å²) in [5.74, 6) is 0. The molecule has 0 unspecified atom stereocenters. The van der Waals surface area contributed by atoms with Crippen LogP contribution in [-0.4, -0.2) is 51.4 Å². The molecule has 1 aromatic carbocycles. The smallest absolute Gasteiger partial charge is 0.122 e. The van der Waals surface area contributed by atoms with E-state index in [-0.39, 0.29) is 0 Å². The van der Waals surface area contributed by atoms with Crippen molar-refractivity contribution in [3.8, 4) is 0 Å². The van der Waals surface area contributed by atoms with Gasteiger partial charge in [0.2, 0.25) is 0 Å². The van der Waals surface area contributed by atoms with E-state index in [1.165, 1.54) is 5.69 Å². The first-order valence-electron chi connectivity index (χ1n) is 7.75. The molecule has 0 amide bonds. The summed E-state index contributed by atoms with van der Waals surface area (Å²) in [4.78, 5) is 13.2. The van der Waals surface area contributed by atoms with Crippen LogP contribution in [0.3, 0.4) is 0 Å². The second-order valence-electron chi connectivity index (χ2n) is 5.83. The Kier molecular flexibility index (Phi) is 3.63. The van der Waals surface area contributed by atoms with Gasteiger partial charge in [-0.2, -0.15) is 0 Å². The third-order valence-corrected chi connectivity index (χ3v) is 4.35. The second kappa shape index (κ2) is 5.92. The van der Waals surface area contributed by atoms with E-state index in [1.807, 2.05) is 13.1 Å². The Balaban J connectivity index is 1.43. The van der Waals surface area contributed by atoms with Gasteiger partial charge in [-0.3, -0.25) is 4.90 Å². The Morgan fingerprint density at radius 3 is 2.78 bits per heavy atom. The molecule has 0 spiro atoms. The minimum Gasteiger partial charge on any atom is -0.369 e. The van der Waals surface area contributed by atoms with Crippen molar-refractivity contribution in [2.45, 2.75) is 13.5 Å². The molecular weight excluding hydrogens is 292 g/mol. The zero-order valence-corrected chi connectivity index (χ0v) is 13.0. The van der Waals surface area contributed by atoms with E-state index in [4.69, 9.17) is 4.63 Å². The van der Waals surface area contributed by atoms with Gasteiger partial charge in [0, 0.05) is 50.0 Å². The summed E-state index contributed by atoms with van der Waals surface area (Å²) in [6.07, 6.45) is 3.45. The standard InChI is InChI=1S/C16H18N6O/c1-12-16(20-23-19-12)10-21-4-6-22(7-5-21)14-2-3-15-13(8-14)9-17-11-18-15/h2-3,8-9,11H,4-7,10H2,1H3. The molecule has 3 aromatic rings. The van der Waals surface area contributed by atoms with Crippen LogP contribution in [0.5, 0.6) is 0 Å². The Bertz CT molecular complexity index is 809. The van der Waals surface area contributed by atoms with Crippen LogP contribution in [0.25, 0.3) is 10.9 Å². The lowest BCUT2D eigenvalue weighted by Gasteiger charge is -2.35. The topological polar surface area (TPSA) is 71.2 Å². The maximum Gasteiger partial charge on any atom is 0.122 e. The van der Waals surface area contributed by atoms with E-state index >= 15 is 0 Å². The zero-order valence-electron chi connectivity index (χ0n) is 13.0. The van der Waals surface area contributed by atoms with Crippen LogP contribution in [0.4, 0.5) is 5.69 Å². The van der Waals surface area contributed by atoms with Gasteiger partial charge in [-0.25, -0.2) is 14.6 Å². The van der Waals surface area contributed by atoms with E-state index < -0.39 is 0 Å². The SMILES string of the molecule is Cc1nonc1CN1CCN(c2ccc3ncncc3c2)CC1. The number of benzene rings is 1. The van der Waals surface area contributed by atoms with Crippen LogP contribution >= 0.6 is 0 Å². The summed E-state index contributed by atoms with van der Waals surface area (Å²) in [5.41, 5.74) is 4.02. The van der Waals surface area contributed by atoms with Crippen molar-refractivity contribution in [1.82, 2.24) is 25.2 Å². The zero-order chi connectivity index (χ0) is 15.6. The van der Waals surface area contributed by atoms with E-state index in [2.05, 4.69) is 48.3 Å². The molecule has 0 aliphatic carbocycles. The number of hydrogen-bond acceptors (Lipinski definition) is 7. The molecule has 23 heavy (non-hydrogen) atoms. The highest BCUT2D eigenvalue weighted by Gasteiger charge is 2.19. The lowest BCUT2D eigenvalue weighted by atomic mass is 10.2. The summed E-state index contributed by atoms with van der Waals surface area (Å²) in [6, 6.07) is 6.36. The molecule has 118 valence electrons. The second-order valence-corrected chi connectivity index (χ2v) is 5.83. The number of hydrogen-bond donors (Lipinski definition) is 0. The number of aryl methyl sites for hydroxylation is 1. The monoisotopic (exact) mass is 310 g/mol. The van der Waals surface area contributed by atoms with E-state index in [9.17, 15) is 0 Å². The van der Waals surface area contributed by atoms with E-state index in [0.717, 1.165) is 55.0 Å². The van der Waals surface area contributed by atoms with Crippen LogP contribution in [0.2, 0.25) is 0 Å². The molecule has 4 rings (SSSR count). The van der Waals surface area contributed by atoms with Crippen molar-refractivity contribution in [3.05, 3.63) is 42.1 Å². The van der Waals surface area contributed by atoms with Crippen LogP contribution < -0.4 is 4.90 Å². The van der Waals surface area contributed by atoms with Gasteiger partial charge in [0.05, 0.1) is 5.52 Å². The number of aromatic nitrogens is 4. The lowest BCUT2D eigenvalue weighted by Crippen LogP contribution is -2.46. The summed E-state index contributed by atoms with van der Waals surface area (Å²) < 4.78 is 4.77. The molecule has 1 saturated heterocycles. The van der Waals surface area contributed by atoms with Gasteiger partial charge in [-0.05, 0) is 25.1 Å². The summed E-state index contributed by atoms with van der Waals surface area (Å²) in [6.45, 7) is 6.70. The minimum absolute atomic E-state index is 0.800. The molecule has 1 fully saturated rings. The Hall–Kier alpha value is -2.54. The van der Waals surface area contributed by atoms with Crippen LogP contribution in [0, 0.1) is 6.92 Å². The average molecular weight is 310 g/mol. The maximum atomic E-state index is 4.77. The summed E-state index contributed by atoms with van der Waals surface area (Å²) in [5, 5.41) is 8.88. The van der Waals surface area contributed by atoms with E-state index in [1.54, 1.807) is 6.33 Å². The number of piperazine rings is 1. The van der Waals surface area contributed by atoms with Crippen molar-refractivity contribution in [3.63, 3.8) is 0 Å². The first-order chi connectivity index (χ1) is 11.3. The van der Waals surface area contributed by atoms with Crippen molar-refractivity contribution in [2.24, 2.45) is 0 Å². The average Bonchev–Trinajstić information content (AvgIpc) is 3.00. The van der Waals surface area contributed by atoms with Crippen molar-refractivity contribution in [1.29, 1.82) is 0 Å². The molecular formula is C16H18N6O. The van der Waals surface area contributed by atoms with Gasteiger partial charge in [0.25, 0.3) is 0 Å². The molecule has 7 heteroatoms. The van der Waals surface area contributed by atoms with E-state index in [0.29, 0.717) is 0 Å². The van der Waals surface area contributed by atoms with Gasteiger partial charge in [-0.15, -0.1) is 0 Å². The number of fused-ring (bicyclic) bond motifs is 1. The largest absolute Gasteiger partial charge is 0.369 e. The molecule has 0 saturated carbocycles. The quantitative estimate of drug-likeness (QED) is 0.728. The highest BCUT2D eigenvalue weighted by molar-refractivity contribution is 5.81. The van der Waals surface area contributed by atoms with Crippen LogP contribution in [0.15, 0.2) is 35.4 Å². The molecule has 3 heterocycles. The fourth-order valence-corrected chi connectivity index (χ4v) is 2.94. The number of anilines is 1. The van der Waals surface area contributed by atoms with Crippen LogP contribution in [0.1, 0.15) is 11.4 Å². The van der Waals surface area contributed by atoms with Gasteiger partial charge in [-0.1, -0.05) is 10.3 Å². The molecule has 0 N–H and O–H groups in total. The Morgan fingerprint density at radius 1 is 1.13 bits per heavy atom. The first-order valence-corrected chi connectivity index (χ1v) is 7.75. The molecule has 0 radical (unpaired) electrons. The normalized spacial score (nSPS) is 16.1. The first kappa shape index (κ1) is 14.1. The van der Waals surface area contributed by atoms with Crippen molar-refractivity contribution < 1.29 is 4.63 Å². The molecule has 2 aromatic heterocycles. The summed E-state index contributed by atoms with van der Waals surface area (Å²) in [7, 11) is 0. The Morgan fingerprint density at radius 2 is 2.00 bits per heavy atom. The van der Waals surface area contributed by atoms with Gasteiger partial charge >= 0.3 is 0 Å². The molecule has 0 atom stereocenters. The predicted molar refractivity (Wildman–Crippen MR) is 86.1 cm³/mol. The third-order valence-electron chi connectivity index (χ3n) is 4.35. The molecule has 1 aliphatic rings. The number of nitrogens with zero attached hydrogens (tertiary/aromatic N) is 6.